The summed E-state index contributed by atoms with van der Waals surface area (Å²) in [5.41, 5.74) is 0. The Kier molecular flexibility index (Phi) is 6.95. The smallest absolute Gasteiger partial charge is 0.239 e. The maximum absolute atomic E-state index is 12.3. The molecule has 1 amide bonds. The number of likely N-dealkylation sites (N-methyl/N-ethyl adjacent to an activating group) is 1. The highest BCUT2D eigenvalue weighted by Crippen LogP contribution is 2.22. The number of carbonyl (C=O) groups is 1. The molecule has 0 radical (unpaired) electrons. The van der Waals surface area contributed by atoms with Gasteiger partial charge in [0, 0.05) is 25.1 Å². The number of nitrogens with zero attached hydrogens (tertiary/aromatic N) is 1. The average molecular weight is 304 g/mol. The summed E-state index contributed by atoms with van der Waals surface area (Å²) in [6.45, 7) is 6.32. The van der Waals surface area contributed by atoms with E-state index in [4.69, 9.17) is 0 Å². The van der Waals surface area contributed by atoms with Crippen LogP contribution in [0.3, 0.4) is 0 Å². The van der Waals surface area contributed by atoms with Crippen molar-refractivity contribution in [1.82, 2.24) is 10.2 Å². The van der Waals surface area contributed by atoms with Crippen LogP contribution >= 0.6 is 0 Å². The third-order valence-electron chi connectivity index (χ3n) is 4.01. The maximum atomic E-state index is 12.3. The second kappa shape index (κ2) is 7.98. The zero-order chi connectivity index (χ0) is 15.2. The Bertz CT molecular complexity index is 405. The Balaban J connectivity index is 2.44. The molecule has 6 heteroatoms. The average Bonchev–Trinajstić information content (AvgIpc) is 2.39. The highest BCUT2D eigenvalue weighted by atomic mass is 32.2. The Morgan fingerprint density at radius 1 is 1.30 bits per heavy atom. The van der Waals surface area contributed by atoms with E-state index in [1.54, 1.807) is 0 Å². The van der Waals surface area contributed by atoms with Crippen LogP contribution in [-0.2, 0) is 14.6 Å². The Morgan fingerprint density at radius 2 is 1.95 bits per heavy atom. The van der Waals surface area contributed by atoms with Crippen molar-refractivity contribution in [2.75, 3.05) is 31.6 Å². The number of piperidine rings is 1. The van der Waals surface area contributed by atoms with E-state index >= 15 is 0 Å². The van der Waals surface area contributed by atoms with Crippen LogP contribution in [0.2, 0.25) is 0 Å². The number of hydrogen-bond donors (Lipinski definition) is 1. The molecule has 0 aliphatic carbocycles. The predicted octanol–water partition coefficient (Wildman–Crippen LogP) is 1.05. The lowest BCUT2D eigenvalue weighted by Crippen LogP contribution is -2.50. The summed E-state index contributed by atoms with van der Waals surface area (Å²) in [7, 11) is -2.87. The van der Waals surface area contributed by atoms with E-state index in [9.17, 15) is 13.2 Å². The van der Waals surface area contributed by atoms with Gasteiger partial charge in [-0.25, -0.2) is 8.42 Å². The number of carbonyl (C=O) groups excluding carboxylic acids is 1. The highest BCUT2D eigenvalue weighted by Gasteiger charge is 2.28. The largest absolute Gasteiger partial charge is 0.342 e. The third kappa shape index (κ3) is 5.79. The SMILES string of the molecule is CCN(CC)C(=O)C1CC(CCCS(C)(=O)=O)CCN1. The van der Waals surface area contributed by atoms with Gasteiger partial charge in [-0.3, -0.25) is 4.79 Å². The topological polar surface area (TPSA) is 66.5 Å². The van der Waals surface area contributed by atoms with E-state index < -0.39 is 9.84 Å². The van der Waals surface area contributed by atoms with Gasteiger partial charge in [0.2, 0.25) is 5.91 Å². The van der Waals surface area contributed by atoms with Crippen LogP contribution in [0.4, 0.5) is 0 Å². The predicted molar refractivity (Wildman–Crippen MR) is 81.4 cm³/mol. The minimum Gasteiger partial charge on any atom is -0.342 e. The van der Waals surface area contributed by atoms with E-state index in [0.717, 1.165) is 38.9 Å². The fourth-order valence-corrected chi connectivity index (χ4v) is 3.53. The van der Waals surface area contributed by atoms with Gasteiger partial charge in [-0.2, -0.15) is 0 Å². The van der Waals surface area contributed by atoms with Gasteiger partial charge >= 0.3 is 0 Å². The Hall–Kier alpha value is -0.620. The van der Waals surface area contributed by atoms with Crippen molar-refractivity contribution in [1.29, 1.82) is 0 Å². The van der Waals surface area contributed by atoms with Crippen molar-refractivity contribution in [3.05, 3.63) is 0 Å². The van der Waals surface area contributed by atoms with Gasteiger partial charge < -0.3 is 10.2 Å². The van der Waals surface area contributed by atoms with Crippen LogP contribution in [0.5, 0.6) is 0 Å². The van der Waals surface area contributed by atoms with Gasteiger partial charge in [-0.15, -0.1) is 0 Å². The quantitative estimate of drug-likeness (QED) is 0.763. The normalized spacial score (nSPS) is 23.6. The minimum absolute atomic E-state index is 0.0908. The van der Waals surface area contributed by atoms with Crippen molar-refractivity contribution in [2.24, 2.45) is 5.92 Å². The Morgan fingerprint density at radius 3 is 2.50 bits per heavy atom. The fraction of sp³-hybridized carbons (Fsp3) is 0.929. The molecule has 5 nitrogen and oxygen atoms in total. The summed E-state index contributed by atoms with van der Waals surface area (Å²) < 4.78 is 22.3. The van der Waals surface area contributed by atoms with Crippen molar-refractivity contribution in [3.8, 4) is 0 Å². The van der Waals surface area contributed by atoms with Crippen LogP contribution in [0.25, 0.3) is 0 Å². The van der Waals surface area contributed by atoms with E-state index in [0.29, 0.717) is 12.3 Å². The van der Waals surface area contributed by atoms with Crippen molar-refractivity contribution >= 4 is 15.7 Å². The molecular weight excluding hydrogens is 276 g/mol. The van der Waals surface area contributed by atoms with E-state index in [2.05, 4.69) is 5.32 Å². The van der Waals surface area contributed by atoms with Crippen LogP contribution in [0.1, 0.15) is 39.5 Å². The minimum atomic E-state index is -2.87. The first-order chi connectivity index (χ1) is 9.37. The van der Waals surface area contributed by atoms with Gasteiger partial charge in [0.25, 0.3) is 0 Å². The number of nitrogens with one attached hydrogen (secondary N) is 1. The monoisotopic (exact) mass is 304 g/mol. The lowest BCUT2D eigenvalue weighted by atomic mass is 9.88. The van der Waals surface area contributed by atoms with Crippen LogP contribution in [0.15, 0.2) is 0 Å². The van der Waals surface area contributed by atoms with Gasteiger partial charge in [0.15, 0.2) is 0 Å². The molecule has 1 fully saturated rings. The third-order valence-corrected chi connectivity index (χ3v) is 5.04. The van der Waals surface area contributed by atoms with Gasteiger partial charge in [0.1, 0.15) is 9.84 Å². The molecule has 0 aromatic rings. The molecule has 0 aromatic carbocycles. The Labute approximate surface area is 123 Å². The standard InChI is InChI=1S/C14H28N2O3S/c1-4-16(5-2)14(17)13-11-12(8-9-15-13)7-6-10-20(3,18)19/h12-13,15H,4-11H2,1-3H3. The molecule has 0 saturated carbocycles. The maximum Gasteiger partial charge on any atom is 0.239 e. The molecule has 1 N–H and O–H groups in total. The van der Waals surface area contributed by atoms with Crippen molar-refractivity contribution in [2.45, 2.75) is 45.6 Å². The molecule has 0 spiro atoms. The summed E-state index contributed by atoms with van der Waals surface area (Å²) in [6, 6.07) is -0.0908. The fourth-order valence-electron chi connectivity index (χ4n) is 2.84. The summed E-state index contributed by atoms with van der Waals surface area (Å²) >= 11 is 0. The molecule has 118 valence electrons. The molecule has 0 bridgehead atoms. The van der Waals surface area contributed by atoms with Crippen molar-refractivity contribution in [3.63, 3.8) is 0 Å². The molecule has 1 aliphatic heterocycles. The first kappa shape index (κ1) is 17.4. The second-order valence-corrected chi connectivity index (χ2v) is 7.94. The summed E-state index contributed by atoms with van der Waals surface area (Å²) in [6.07, 6.45) is 4.75. The second-order valence-electron chi connectivity index (χ2n) is 5.68. The molecule has 2 atom stereocenters. The first-order valence-corrected chi connectivity index (χ1v) is 9.63. The molecule has 0 aromatic heterocycles. The summed E-state index contributed by atoms with van der Waals surface area (Å²) in [4.78, 5) is 14.2. The number of hydrogen-bond acceptors (Lipinski definition) is 4. The zero-order valence-electron chi connectivity index (χ0n) is 12.9. The number of amides is 1. The lowest BCUT2D eigenvalue weighted by Gasteiger charge is -2.32. The molecule has 20 heavy (non-hydrogen) atoms. The van der Waals surface area contributed by atoms with Gasteiger partial charge in [0.05, 0.1) is 6.04 Å². The molecule has 2 unspecified atom stereocenters. The number of rotatable bonds is 7. The van der Waals surface area contributed by atoms with Crippen molar-refractivity contribution < 1.29 is 13.2 Å². The summed E-state index contributed by atoms with van der Waals surface area (Å²) in [5.74, 6) is 0.899. The van der Waals surface area contributed by atoms with Crippen LogP contribution in [-0.4, -0.2) is 56.9 Å². The molecule has 1 heterocycles. The van der Waals surface area contributed by atoms with E-state index in [-0.39, 0.29) is 17.7 Å². The van der Waals surface area contributed by atoms with Gasteiger partial charge in [-0.1, -0.05) is 0 Å². The molecule has 1 aliphatic rings. The molecular formula is C14H28N2O3S. The van der Waals surface area contributed by atoms with E-state index in [1.165, 1.54) is 6.26 Å². The van der Waals surface area contributed by atoms with E-state index in [1.807, 2.05) is 18.7 Å². The molecule has 1 saturated heterocycles. The van der Waals surface area contributed by atoms with Gasteiger partial charge in [-0.05, 0) is 52.0 Å². The first-order valence-electron chi connectivity index (χ1n) is 7.57. The zero-order valence-corrected chi connectivity index (χ0v) is 13.7. The highest BCUT2D eigenvalue weighted by molar-refractivity contribution is 7.90. The van der Waals surface area contributed by atoms with Crippen LogP contribution in [0, 0.1) is 5.92 Å². The lowest BCUT2D eigenvalue weighted by molar-refractivity contribution is -0.134. The molecule has 1 rings (SSSR count). The number of sulfone groups is 1. The van der Waals surface area contributed by atoms with Crippen LogP contribution < -0.4 is 5.32 Å². The summed E-state index contributed by atoms with van der Waals surface area (Å²) in [5, 5.41) is 3.30.